The number of carbonyl (C=O) groups excluding carboxylic acids is 1. The van der Waals surface area contributed by atoms with Gasteiger partial charge >= 0.3 is 0 Å². The Balaban J connectivity index is 2.22. The second-order valence-electron chi connectivity index (χ2n) is 5.24. The molecule has 2 aromatic rings. The van der Waals surface area contributed by atoms with Gasteiger partial charge in [0.05, 0.1) is 18.0 Å². The van der Waals surface area contributed by atoms with Gasteiger partial charge in [0.2, 0.25) is 0 Å². The van der Waals surface area contributed by atoms with E-state index in [0.717, 1.165) is 11.8 Å². The number of ether oxygens (including phenoxy) is 1. The molecule has 1 atom stereocenters. The van der Waals surface area contributed by atoms with E-state index in [-0.39, 0.29) is 16.8 Å². The predicted molar refractivity (Wildman–Crippen MR) is 88.4 cm³/mol. The first-order valence-electron chi connectivity index (χ1n) is 7.07. The fraction of sp³-hybridized carbons (Fsp3) is 0.235. The van der Waals surface area contributed by atoms with Crippen molar-refractivity contribution in [2.24, 2.45) is 0 Å². The zero-order chi connectivity index (χ0) is 17.0. The van der Waals surface area contributed by atoms with Crippen molar-refractivity contribution < 1.29 is 17.9 Å². The number of methoxy groups -OCH3 is 1. The fourth-order valence-corrected chi connectivity index (χ4v) is 2.92. The lowest BCUT2D eigenvalue weighted by molar-refractivity contribution is 0.0939. The zero-order valence-electron chi connectivity index (χ0n) is 13.2. The van der Waals surface area contributed by atoms with Crippen LogP contribution in [0.25, 0.3) is 0 Å². The molecule has 0 aliphatic heterocycles. The third-order valence-electron chi connectivity index (χ3n) is 3.48. The van der Waals surface area contributed by atoms with E-state index in [1.54, 1.807) is 19.2 Å². The molecule has 6 heteroatoms. The molecule has 1 unspecified atom stereocenters. The predicted octanol–water partition coefficient (Wildman–Crippen LogP) is 2.59. The molecule has 0 bridgehead atoms. The maximum absolute atomic E-state index is 12.4. The monoisotopic (exact) mass is 333 g/mol. The molecule has 0 fully saturated rings. The van der Waals surface area contributed by atoms with Gasteiger partial charge in [-0.2, -0.15) is 0 Å². The molecule has 23 heavy (non-hydrogen) atoms. The highest BCUT2D eigenvalue weighted by Gasteiger charge is 2.16. The van der Waals surface area contributed by atoms with Gasteiger partial charge in [-0.1, -0.05) is 24.3 Å². The second kappa shape index (κ2) is 6.83. The summed E-state index contributed by atoms with van der Waals surface area (Å²) in [6.07, 6.45) is 1.11. The molecule has 0 aliphatic carbocycles. The third kappa shape index (κ3) is 4.10. The minimum absolute atomic E-state index is 0.120. The molecule has 122 valence electrons. The van der Waals surface area contributed by atoms with Gasteiger partial charge in [-0.05, 0) is 31.2 Å². The molecule has 0 spiro atoms. The quantitative estimate of drug-likeness (QED) is 0.913. The highest BCUT2D eigenvalue weighted by Crippen LogP contribution is 2.24. The Bertz CT molecular complexity index is 815. The summed E-state index contributed by atoms with van der Waals surface area (Å²) in [5, 5.41) is 2.85. The van der Waals surface area contributed by atoms with Gasteiger partial charge in [-0.25, -0.2) is 8.42 Å². The molecular weight excluding hydrogens is 314 g/mol. The summed E-state index contributed by atoms with van der Waals surface area (Å²) in [6.45, 7) is 1.84. The standard InChI is InChI=1S/C17H19NO4S/c1-12(15-9-4-5-10-16(15)22-2)18-17(19)13-7-6-8-14(11-13)23(3,20)21/h4-12H,1-3H3,(H,18,19). The van der Waals surface area contributed by atoms with Gasteiger partial charge in [0.25, 0.3) is 5.91 Å². The van der Waals surface area contributed by atoms with Crippen molar-refractivity contribution in [2.45, 2.75) is 17.9 Å². The first-order chi connectivity index (χ1) is 10.8. The number of sulfone groups is 1. The maximum Gasteiger partial charge on any atom is 0.251 e. The van der Waals surface area contributed by atoms with Crippen LogP contribution in [0.1, 0.15) is 28.9 Å². The lowest BCUT2D eigenvalue weighted by Crippen LogP contribution is -2.27. The topological polar surface area (TPSA) is 72.5 Å². The van der Waals surface area contributed by atoms with E-state index in [2.05, 4.69) is 5.32 Å². The molecule has 2 aromatic carbocycles. The van der Waals surface area contributed by atoms with E-state index in [1.165, 1.54) is 12.1 Å². The van der Waals surface area contributed by atoms with Crippen LogP contribution in [0.15, 0.2) is 53.4 Å². The van der Waals surface area contributed by atoms with Gasteiger partial charge in [-0.3, -0.25) is 4.79 Å². The summed E-state index contributed by atoms with van der Waals surface area (Å²) in [5.41, 5.74) is 1.15. The molecule has 0 saturated heterocycles. The second-order valence-corrected chi connectivity index (χ2v) is 7.25. The van der Waals surface area contributed by atoms with Crippen LogP contribution in [0.3, 0.4) is 0 Å². The zero-order valence-corrected chi connectivity index (χ0v) is 14.1. The minimum Gasteiger partial charge on any atom is -0.496 e. The molecule has 0 saturated carbocycles. The average Bonchev–Trinajstić information content (AvgIpc) is 2.54. The molecule has 5 nitrogen and oxygen atoms in total. The summed E-state index contributed by atoms with van der Waals surface area (Å²) in [5.74, 6) is 0.346. The van der Waals surface area contributed by atoms with Crippen molar-refractivity contribution in [3.05, 3.63) is 59.7 Å². The fourth-order valence-electron chi connectivity index (χ4n) is 2.25. The number of hydrogen-bond acceptors (Lipinski definition) is 4. The van der Waals surface area contributed by atoms with Crippen LogP contribution in [0.5, 0.6) is 5.75 Å². The van der Waals surface area contributed by atoms with Gasteiger partial charge in [-0.15, -0.1) is 0 Å². The van der Waals surface area contributed by atoms with Crippen molar-refractivity contribution in [1.29, 1.82) is 0 Å². The number of benzene rings is 2. The Morgan fingerprint density at radius 1 is 1.13 bits per heavy atom. The molecule has 2 rings (SSSR count). The van der Waals surface area contributed by atoms with Crippen LogP contribution in [0, 0.1) is 0 Å². The van der Waals surface area contributed by atoms with E-state index in [1.807, 2.05) is 31.2 Å². The van der Waals surface area contributed by atoms with E-state index < -0.39 is 9.84 Å². The molecular formula is C17H19NO4S. The first-order valence-corrected chi connectivity index (χ1v) is 8.96. The van der Waals surface area contributed by atoms with Crippen LogP contribution in [0.4, 0.5) is 0 Å². The van der Waals surface area contributed by atoms with E-state index in [4.69, 9.17) is 4.74 Å². The number of rotatable bonds is 5. The van der Waals surface area contributed by atoms with Crippen molar-refractivity contribution >= 4 is 15.7 Å². The Morgan fingerprint density at radius 3 is 2.48 bits per heavy atom. The average molecular weight is 333 g/mol. The lowest BCUT2D eigenvalue weighted by atomic mass is 10.1. The van der Waals surface area contributed by atoms with Crippen LogP contribution in [0.2, 0.25) is 0 Å². The minimum atomic E-state index is -3.35. The van der Waals surface area contributed by atoms with Gasteiger partial charge in [0.15, 0.2) is 9.84 Å². The smallest absolute Gasteiger partial charge is 0.251 e. The molecule has 0 aliphatic rings. The SMILES string of the molecule is COc1ccccc1C(C)NC(=O)c1cccc(S(C)(=O)=O)c1. The molecule has 1 amide bonds. The normalized spacial score (nSPS) is 12.5. The molecule has 0 aromatic heterocycles. The van der Waals surface area contributed by atoms with Gasteiger partial charge in [0.1, 0.15) is 5.75 Å². The molecule has 0 radical (unpaired) electrons. The van der Waals surface area contributed by atoms with Gasteiger partial charge in [0, 0.05) is 17.4 Å². The summed E-state index contributed by atoms with van der Waals surface area (Å²) in [6, 6.07) is 13.1. The maximum atomic E-state index is 12.4. The summed E-state index contributed by atoms with van der Waals surface area (Å²) >= 11 is 0. The van der Waals surface area contributed by atoms with Crippen molar-refractivity contribution in [3.8, 4) is 5.75 Å². The molecule has 1 N–H and O–H groups in total. The number of amides is 1. The lowest BCUT2D eigenvalue weighted by Gasteiger charge is -2.17. The van der Waals surface area contributed by atoms with Crippen LogP contribution >= 0.6 is 0 Å². The Hall–Kier alpha value is -2.34. The third-order valence-corrected chi connectivity index (χ3v) is 4.59. The van der Waals surface area contributed by atoms with Crippen molar-refractivity contribution in [3.63, 3.8) is 0 Å². The summed E-state index contributed by atoms with van der Waals surface area (Å²) in [7, 11) is -1.78. The van der Waals surface area contributed by atoms with Crippen LogP contribution in [-0.2, 0) is 9.84 Å². The van der Waals surface area contributed by atoms with E-state index in [9.17, 15) is 13.2 Å². The number of para-hydroxylation sites is 1. The Morgan fingerprint density at radius 2 is 1.83 bits per heavy atom. The molecule has 0 heterocycles. The van der Waals surface area contributed by atoms with Crippen LogP contribution in [-0.4, -0.2) is 27.7 Å². The highest BCUT2D eigenvalue weighted by molar-refractivity contribution is 7.90. The summed E-state index contributed by atoms with van der Waals surface area (Å²) in [4.78, 5) is 12.5. The van der Waals surface area contributed by atoms with E-state index in [0.29, 0.717) is 11.3 Å². The Kier molecular flexibility index (Phi) is 5.05. The Labute approximate surface area is 136 Å². The number of nitrogens with one attached hydrogen (secondary N) is 1. The summed E-state index contributed by atoms with van der Waals surface area (Å²) < 4.78 is 28.5. The van der Waals surface area contributed by atoms with Crippen molar-refractivity contribution in [1.82, 2.24) is 5.32 Å². The highest BCUT2D eigenvalue weighted by atomic mass is 32.2. The van der Waals surface area contributed by atoms with Crippen molar-refractivity contribution in [2.75, 3.05) is 13.4 Å². The number of hydrogen-bond donors (Lipinski definition) is 1. The van der Waals surface area contributed by atoms with Crippen LogP contribution < -0.4 is 10.1 Å². The van der Waals surface area contributed by atoms with E-state index >= 15 is 0 Å². The largest absolute Gasteiger partial charge is 0.496 e. The first kappa shape index (κ1) is 17.0. The number of carbonyl (C=O) groups is 1. The van der Waals surface area contributed by atoms with Gasteiger partial charge < -0.3 is 10.1 Å².